The Balaban J connectivity index is 1.72. The van der Waals surface area contributed by atoms with Crippen molar-refractivity contribution in [2.75, 3.05) is 18.9 Å². The largest absolute Gasteiger partial charge is 0.327 e. The fourth-order valence-electron chi connectivity index (χ4n) is 4.00. The van der Waals surface area contributed by atoms with Crippen LogP contribution in [0.3, 0.4) is 0 Å². The zero-order valence-corrected chi connectivity index (χ0v) is 14.8. The summed E-state index contributed by atoms with van der Waals surface area (Å²) in [6.07, 6.45) is 5.25. The molecule has 3 rings (SSSR count). The summed E-state index contributed by atoms with van der Waals surface area (Å²) in [5.41, 5.74) is -0.195. The van der Waals surface area contributed by atoms with Crippen LogP contribution in [0.25, 0.3) is 0 Å². The predicted molar refractivity (Wildman–Crippen MR) is 94.9 cm³/mol. The van der Waals surface area contributed by atoms with Crippen LogP contribution in [0.2, 0.25) is 0 Å². The lowest BCUT2D eigenvalue weighted by Gasteiger charge is -2.38. The van der Waals surface area contributed by atoms with Crippen molar-refractivity contribution in [2.24, 2.45) is 5.92 Å². The number of amides is 4. The van der Waals surface area contributed by atoms with Crippen LogP contribution in [0.5, 0.6) is 0 Å². The Morgan fingerprint density at radius 3 is 2.44 bits per heavy atom. The molecule has 1 N–H and O–H groups in total. The number of para-hydroxylation sites is 1. The maximum atomic E-state index is 13.0. The van der Waals surface area contributed by atoms with Gasteiger partial charge in [-0.1, -0.05) is 37.5 Å². The number of imide groups is 1. The van der Waals surface area contributed by atoms with Crippen LogP contribution in [-0.2, 0) is 9.59 Å². The molecule has 1 saturated heterocycles. The fraction of sp³-hybridized carbons (Fsp3) is 0.526. The van der Waals surface area contributed by atoms with Gasteiger partial charge in [0.2, 0.25) is 5.91 Å². The van der Waals surface area contributed by atoms with Gasteiger partial charge >= 0.3 is 6.03 Å². The number of likely N-dealkylation sites (N-methyl/N-ethyl adjacent to an activating group) is 1. The minimum atomic E-state index is -0.843. The Kier molecular flexibility index (Phi) is 4.79. The monoisotopic (exact) mass is 343 g/mol. The third-order valence-corrected chi connectivity index (χ3v) is 5.65. The Labute approximate surface area is 148 Å². The summed E-state index contributed by atoms with van der Waals surface area (Å²) in [4.78, 5) is 40.5. The van der Waals surface area contributed by atoms with Gasteiger partial charge in [-0.05, 0) is 37.8 Å². The highest BCUT2D eigenvalue weighted by Crippen LogP contribution is 2.40. The number of benzene rings is 1. The number of anilines is 1. The molecule has 1 aromatic carbocycles. The highest BCUT2D eigenvalue weighted by molar-refractivity contribution is 6.10. The molecule has 1 unspecified atom stereocenters. The van der Waals surface area contributed by atoms with E-state index in [1.165, 1.54) is 11.3 Å². The van der Waals surface area contributed by atoms with Gasteiger partial charge in [0.25, 0.3) is 5.91 Å². The molecule has 6 nitrogen and oxygen atoms in total. The first-order valence-corrected chi connectivity index (χ1v) is 8.89. The third kappa shape index (κ3) is 3.13. The molecule has 134 valence electrons. The van der Waals surface area contributed by atoms with Gasteiger partial charge in [-0.2, -0.15) is 0 Å². The van der Waals surface area contributed by atoms with Crippen molar-refractivity contribution in [3.63, 3.8) is 0 Å². The summed E-state index contributed by atoms with van der Waals surface area (Å²) in [7, 11) is 1.67. The molecule has 0 aromatic heterocycles. The van der Waals surface area contributed by atoms with E-state index in [0.29, 0.717) is 5.69 Å². The summed E-state index contributed by atoms with van der Waals surface area (Å²) in [5, 5.41) is 2.73. The van der Waals surface area contributed by atoms with E-state index in [1.54, 1.807) is 19.2 Å². The van der Waals surface area contributed by atoms with Gasteiger partial charge in [0.1, 0.15) is 12.1 Å². The van der Waals surface area contributed by atoms with Crippen molar-refractivity contribution >= 4 is 23.5 Å². The minimum Gasteiger partial charge on any atom is -0.325 e. The lowest BCUT2D eigenvalue weighted by atomic mass is 9.75. The number of carbonyl (C=O) groups is 3. The van der Waals surface area contributed by atoms with Crippen molar-refractivity contribution in [3.05, 3.63) is 30.3 Å². The molecule has 1 aromatic rings. The molecular weight excluding hydrogens is 318 g/mol. The third-order valence-electron chi connectivity index (χ3n) is 5.65. The topological polar surface area (TPSA) is 69.7 Å². The first kappa shape index (κ1) is 17.5. The highest BCUT2D eigenvalue weighted by Gasteiger charge is 2.56. The Bertz CT molecular complexity index is 670. The number of hydrogen-bond donors (Lipinski definition) is 1. The summed E-state index contributed by atoms with van der Waals surface area (Å²) in [5.74, 6) is -0.464. The van der Waals surface area contributed by atoms with E-state index in [0.717, 1.165) is 30.6 Å². The molecule has 25 heavy (non-hydrogen) atoms. The summed E-state index contributed by atoms with van der Waals surface area (Å²) >= 11 is 0. The van der Waals surface area contributed by atoms with Crippen LogP contribution in [-0.4, -0.2) is 46.8 Å². The summed E-state index contributed by atoms with van der Waals surface area (Å²) in [6, 6.07) is 8.63. The molecule has 0 bridgehead atoms. The summed E-state index contributed by atoms with van der Waals surface area (Å²) < 4.78 is 0. The number of hydrogen-bond acceptors (Lipinski definition) is 3. The van der Waals surface area contributed by atoms with Crippen LogP contribution in [0, 0.1) is 5.92 Å². The maximum Gasteiger partial charge on any atom is 0.327 e. The van der Waals surface area contributed by atoms with E-state index in [4.69, 9.17) is 0 Å². The van der Waals surface area contributed by atoms with E-state index >= 15 is 0 Å². The molecule has 0 spiro atoms. The van der Waals surface area contributed by atoms with Gasteiger partial charge in [-0.3, -0.25) is 14.5 Å². The first-order chi connectivity index (χ1) is 11.9. The molecule has 1 aliphatic heterocycles. The first-order valence-electron chi connectivity index (χ1n) is 8.89. The molecule has 1 aliphatic carbocycles. The van der Waals surface area contributed by atoms with Crippen molar-refractivity contribution in [1.29, 1.82) is 0 Å². The fourth-order valence-corrected chi connectivity index (χ4v) is 4.00. The van der Waals surface area contributed by atoms with E-state index in [1.807, 2.05) is 25.1 Å². The van der Waals surface area contributed by atoms with E-state index < -0.39 is 5.54 Å². The molecule has 1 saturated carbocycles. The molecule has 6 heteroatoms. The van der Waals surface area contributed by atoms with Crippen molar-refractivity contribution < 1.29 is 14.4 Å². The SMILES string of the molecule is CN1C(=O)N(CC(=O)Nc2ccccc2)C(=O)C1(C)C1CCCCC1. The molecule has 2 fully saturated rings. The van der Waals surface area contributed by atoms with Gasteiger partial charge < -0.3 is 10.2 Å². The van der Waals surface area contributed by atoms with E-state index in [-0.39, 0.29) is 30.3 Å². The molecular formula is C19H25N3O3. The second-order valence-electron chi connectivity index (χ2n) is 7.13. The average molecular weight is 343 g/mol. The van der Waals surface area contributed by atoms with Crippen LogP contribution in [0.1, 0.15) is 39.0 Å². The van der Waals surface area contributed by atoms with Gasteiger partial charge in [-0.15, -0.1) is 0 Å². The molecule has 1 atom stereocenters. The zero-order chi connectivity index (χ0) is 18.0. The second-order valence-corrected chi connectivity index (χ2v) is 7.13. The molecule has 0 radical (unpaired) electrons. The Morgan fingerprint density at radius 1 is 1.16 bits per heavy atom. The Hall–Kier alpha value is -2.37. The number of nitrogens with zero attached hydrogens (tertiary/aromatic N) is 2. The second kappa shape index (κ2) is 6.86. The minimum absolute atomic E-state index is 0.157. The number of urea groups is 1. The molecule has 4 amide bonds. The number of nitrogens with one attached hydrogen (secondary N) is 1. The lowest BCUT2D eigenvalue weighted by Crippen LogP contribution is -2.52. The highest BCUT2D eigenvalue weighted by atomic mass is 16.2. The van der Waals surface area contributed by atoms with Gasteiger partial charge in [0.15, 0.2) is 0 Å². The number of rotatable bonds is 4. The smallest absolute Gasteiger partial charge is 0.325 e. The van der Waals surface area contributed by atoms with Crippen molar-refractivity contribution in [3.8, 4) is 0 Å². The summed E-state index contributed by atoms with van der Waals surface area (Å²) in [6.45, 7) is 1.59. The van der Waals surface area contributed by atoms with Gasteiger partial charge in [-0.25, -0.2) is 4.79 Å². The van der Waals surface area contributed by atoms with E-state index in [9.17, 15) is 14.4 Å². The van der Waals surface area contributed by atoms with Crippen molar-refractivity contribution in [1.82, 2.24) is 9.80 Å². The average Bonchev–Trinajstić information content (AvgIpc) is 2.79. The number of carbonyl (C=O) groups excluding carboxylic acids is 3. The predicted octanol–water partition coefficient (Wildman–Crippen LogP) is 2.86. The van der Waals surface area contributed by atoms with Crippen LogP contribution in [0.4, 0.5) is 10.5 Å². The standard InChI is InChI=1S/C19H25N3O3/c1-19(14-9-5-3-6-10-14)17(24)22(18(25)21(19)2)13-16(23)20-15-11-7-4-8-12-15/h4,7-8,11-12,14H,3,5-6,9-10,13H2,1-2H3,(H,20,23). The van der Waals surface area contributed by atoms with Crippen molar-refractivity contribution in [2.45, 2.75) is 44.6 Å². The molecule has 1 heterocycles. The van der Waals surface area contributed by atoms with Gasteiger partial charge in [0, 0.05) is 12.7 Å². The van der Waals surface area contributed by atoms with E-state index in [2.05, 4.69) is 5.32 Å². The van der Waals surface area contributed by atoms with Crippen LogP contribution < -0.4 is 5.32 Å². The lowest BCUT2D eigenvalue weighted by molar-refractivity contribution is -0.137. The van der Waals surface area contributed by atoms with Crippen LogP contribution >= 0.6 is 0 Å². The maximum absolute atomic E-state index is 13.0. The molecule has 2 aliphatic rings. The normalized spacial score (nSPS) is 24.7. The quantitative estimate of drug-likeness (QED) is 0.855. The van der Waals surface area contributed by atoms with Crippen LogP contribution in [0.15, 0.2) is 30.3 Å². The zero-order valence-electron chi connectivity index (χ0n) is 14.8. The Morgan fingerprint density at radius 2 is 1.80 bits per heavy atom. The van der Waals surface area contributed by atoms with Gasteiger partial charge in [0.05, 0.1) is 0 Å².